The van der Waals surface area contributed by atoms with Crippen LogP contribution in [0.15, 0.2) is 27.4 Å². The Kier molecular flexibility index (Phi) is 7.74. The third kappa shape index (κ3) is 5.10. The highest BCUT2D eigenvalue weighted by molar-refractivity contribution is 5.86. The van der Waals surface area contributed by atoms with Gasteiger partial charge in [-0.3, -0.25) is 0 Å². The first-order valence-corrected chi connectivity index (χ1v) is 10.3. The molecule has 1 fully saturated rings. The number of unbranched alkanes of at least 4 members (excludes halogenated alkanes) is 3. The summed E-state index contributed by atoms with van der Waals surface area (Å²) in [6.45, 7) is 1.77. The number of hydrogen-bond acceptors (Lipinski definition) is 10. The first-order valence-electron chi connectivity index (χ1n) is 10.3. The fraction of sp³-hybridized carbons (Fsp3) is 0.571. The summed E-state index contributed by atoms with van der Waals surface area (Å²) in [4.78, 5) is 12.2. The van der Waals surface area contributed by atoms with E-state index in [1.165, 1.54) is 18.2 Å². The molecule has 10 nitrogen and oxygen atoms in total. The topological polar surface area (TPSA) is 159 Å². The number of aliphatic hydroxyl groups is 4. The lowest BCUT2D eigenvalue weighted by Gasteiger charge is -2.39. The van der Waals surface area contributed by atoms with Gasteiger partial charge in [-0.15, -0.1) is 0 Å². The minimum absolute atomic E-state index is 0.0166. The zero-order valence-electron chi connectivity index (χ0n) is 17.1. The first kappa shape index (κ1) is 23.3. The zero-order valence-corrected chi connectivity index (χ0v) is 17.1. The van der Waals surface area contributed by atoms with E-state index < -0.39 is 42.9 Å². The van der Waals surface area contributed by atoms with E-state index in [-0.39, 0.29) is 34.8 Å². The molecule has 1 aliphatic rings. The second-order valence-corrected chi connectivity index (χ2v) is 7.45. The molecule has 1 aromatic heterocycles. The zero-order chi connectivity index (χ0) is 22.5. The Hall–Kier alpha value is -2.37. The predicted octanol–water partition coefficient (Wildman–Crippen LogP) is 0.636. The molecule has 1 aromatic carbocycles. The highest BCUT2D eigenvalue weighted by Gasteiger charge is 2.44. The number of aliphatic hydroxyl groups excluding tert-OH is 4. The van der Waals surface area contributed by atoms with Gasteiger partial charge in [-0.05, 0) is 18.6 Å². The first-order chi connectivity index (χ1) is 14.9. The fourth-order valence-corrected chi connectivity index (χ4v) is 3.35. The predicted molar refractivity (Wildman–Crippen MR) is 108 cm³/mol. The van der Waals surface area contributed by atoms with Gasteiger partial charge in [0.05, 0.1) is 18.6 Å². The van der Waals surface area contributed by atoms with Crippen LogP contribution >= 0.6 is 0 Å². The third-order valence-electron chi connectivity index (χ3n) is 5.16. The lowest BCUT2D eigenvalue weighted by atomic mass is 9.99. The van der Waals surface area contributed by atoms with Gasteiger partial charge < -0.3 is 44.2 Å². The van der Waals surface area contributed by atoms with E-state index >= 15 is 0 Å². The van der Waals surface area contributed by atoms with Crippen molar-refractivity contribution in [3.05, 3.63) is 28.6 Å². The maximum absolute atomic E-state index is 12.2. The van der Waals surface area contributed by atoms with Gasteiger partial charge in [0, 0.05) is 6.07 Å². The van der Waals surface area contributed by atoms with E-state index in [1.807, 2.05) is 0 Å². The molecule has 5 atom stereocenters. The molecule has 0 radical (unpaired) electrons. The maximum Gasteiger partial charge on any atom is 0.383 e. The number of hydrogen-bond donors (Lipinski definition) is 5. The molecule has 5 N–H and O–H groups in total. The van der Waals surface area contributed by atoms with Crippen LogP contribution in [0, 0.1) is 0 Å². The van der Waals surface area contributed by atoms with Crippen LogP contribution in [0.25, 0.3) is 11.0 Å². The Balaban J connectivity index is 1.77. The molecule has 0 aliphatic carbocycles. The van der Waals surface area contributed by atoms with Gasteiger partial charge in [-0.1, -0.05) is 26.2 Å². The van der Waals surface area contributed by atoms with Crippen molar-refractivity contribution < 1.29 is 44.2 Å². The summed E-state index contributed by atoms with van der Waals surface area (Å²) in [6, 6.07) is 4.19. The van der Waals surface area contributed by atoms with Crippen LogP contribution < -0.4 is 15.1 Å². The van der Waals surface area contributed by atoms with Crippen molar-refractivity contribution in [2.75, 3.05) is 13.2 Å². The molecule has 0 spiro atoms. The van der Waals surface area contributed by atoms with E-state index in [1.54, 1.807) is 0 Å². The number of aromatic hydroxyl groups is 1. The van der Waals surface area contributed by atoms with Crippen molar-refractivity contribution in [1.82, 2.24) is 0 Å². The van der Waals surface area contributed by atoms with Crippen molar-refractivity contribution in [1.29, 1.82) is 0 Å². The smallest absolute Gasteiger partial charge is 0.383 e. The van der Waals surface area contributed by atoms with Crippen LogP contribution in [0.5, 0.6) is 17.2 Å². The van der Waals surface area contributed by atoms with Crippen molar-refractivity contribution in [2.45, 2.75) is 63.3 Å². The highest BCUT2D eigenvalue weighted by Crippen LogP contribution is 2.34. The average molecular weight is 440 g/mol. The van der Waals surface area contributed by atoms with Crippen molar-refractivity contribution in [3.8, 4) is 17.2 Å². The number of fused-ring (bicyclic) bond motifs is 1. The quantitative estimate of drug-likeness (QED) is 0.277. The Labute approximate surface area is 178 Å². The van der Waals surface area contributed by atoms with E-state index in [0.29, 0.717) is 0 Å². The van der Waals surface area contributed by atoms with E-state index in [4.69, 9.17) is 18.6 Å². The van der Waals surface area contributed by atoms with Gasteiger partial charge in [-0.2, -0.15) is 0 Å². The highest BCUT2D eigenvalue weighted by atomic mass is 16.7. The molecule has 0 saturated carbocycles. The van der Waals surface area contributed by atoms with Gasteiger partial charge in [0.1, 0.15) is 35.7 Å². The molecule has 0 unspecified atom stereocenters. The molecule has 172 valence electrons. The molecule has 1 saturated heterocycles. The van der Waals surface area contributed by atoms with Crippen LogP contribution in [0.2, 0.25) is 0 Å². The minimum atomic E-state index is -1.59. The normalized spacial score (nSPS) is 26.2. The minimum Gasteiger partial charge on any atom is -0.504 e. The summed E-state index contributed by atoms with van der Waals surface area (Å²) in [5, 5.41) is 49.7. The molecular formula is C21H28O10. The van der Waals surface area contributed by atoms with Crippen LogP contribution in [-0.2, 0) is 4.74 Å². The molecule has 2 aromatic rings. The van der Waals surface area contributed by atoms with Crippen molar-refractivity contribution in [3.63, 3.8) is 0 Å². The molecule has 10 heteroatoms. The lowest BCUT2D eigenvalue weighted by molar-refractivity contribution is -0.277. The van der Waals surface area contributed by atoms with Gasteiger partial charge in [0.15, 0.2) is 5.75 Å². The van der Waals surface area contributed by atoms with Crippen LogP contribution in [-0.4, -0.2) is 69.5 Å². The fourth-order valence-electron chi connectivity index (χ4n) is 3.35. The van der Waals surface area contributed by atoms with Crippen LogP contribution in [0.1, 0.15) is 32.6 Å². The molecule has 2 heterocycles. The standard InChI is InChI=1S/C21H28O10/c1-2-3-4-5-8-28-19-15(23)12-7-6-11(9-13(12)30-20(19)27)29-21-18(26)17(25)16(24)14(10-22)31-21/h6-7,9,14,16-18,21-26H,2-5,8,10H2,1H3/t14-,16-,17+,18+,21+/m1/s1. The molecule has 0 bridgehead atoms. The average Bonchev–Trinajstić information content (AvgIpc) is 2.75. The van der Waals surface area contributed by atoms with E-state index in [2.05, 4.69) is 6.92 Å². The second kappa shape index (κ2) is 10.3. The molecule has 0 amide bonds. The SMILES string of the molecule is CCCCCCOc1c(O)c2ccc(O[C@H]3O[C@H](CO)[C@@H](O)[C@H](O)[C@@H]3O)cc2oc1=O. The maximum atomic E-state index is 12.2. The number of ether oxygens (including phenoxy) is 3. The Morgan fingerprint density at radius 2 is 1.84 bits per heavy atom. The van der Waals surface area contributed by atoms with E-state index in [0.717, 1.165) is 25.7 Å². The Bertz CT molecular complexity index is 924. The summed E-state index contributed by atoms with van der Waals surface area (Å²) in [5.41, 5.74) is -0.826. The molecule has 3 rings (SSSR count). The summed E-state index contributed by atoms with van der Waals surface area (Å²) < 4.78 is 21.5. The van der Waals surface area contributed by atoms with Gasteiger partial charge >= 0.3 is 5.63 Å². The Morgan fingerprint density at radius 1 is 1.06 bits per heavy atom. The van der Waals surface area contributed by atoms with Gasteiger partial charge in [-0.25, -0.2) is 4.79 Å². The molecule has 31 heavy (non-hydrogen) atoms. The van der Waals surface area contributed by atoms with Gasteiger partial charge in [0.2, 0.25) is 12.0 Å². The summed E-state index contributed by atoms with van der Waals surface area (Å²) in [6.07, 6.45) is -3.37. The summed E-state index contributed by atoms with van der Waals surface area (Å²) >= 11 is 0. The van der Waals surface area contributed by atoms with Crippen LogP contribution in [0.4, 0.5) is 0 Å². The van der Waals surface area contributed by atoms with Gasteiger partial charge in [0.25, 0.3) is 0 Å². The third-order valence-corrected chi connectivity index (χ3v) is 5.16. The summed E-state index contributed by atoms with van der Waals surface area (Å²) in [7, 11) is 0. The van der Waals surface area contributed by atoms with Crippen molar-refractivity contribution >= 4 is 11.0 Å². The second-order valence-electron chi connectivity index (χ2n) is 7.45. The monoisotopic (exact) mass is 440 g/mol. The van der Waals surface area contributed by atoms with Crippen LogP contribution in [0.3, 0.4) is 0 Å². The molecular weight excluding hydrogens is 412 g/mol. The van der Waals surface area contributed by atoms with E-state index in [9.17, 15) is 30.3 Å². The number of rotatable bonds is 9. The van der Waals surface area contributed by atoms with Crippen molar-refractivity contribution in [2.24, 2.45) is 0 Å². The Morgan fingerprint density at radius 3 is 2.55 bits per heavy atom. The summed E-state index contributed by atoms with van der Waals surface area (Å²) in [5.74, 6) is -0.500. The lowest BCUT2D eigenvalue weighted by Crippen LogP contribution is -2.60. The number of benzene rings is 1. The molecule has 1 aliphatic heterocycles. The largest absolute Gasteiger partial charge is 0.504 e.